The fourth-order valence-electron chi connectivity index (χ4n) is 2.84. The van der Waals surface area contributed by atoms with Gasteiger partial charge in [0, 0.05) is 24.8 Å². The van der Waals surface area contributed by atoms with Crippen LogP contribution in [-0.4, -0.2) is 53.5 Å². The van der Waals surface area contributed by atoms with Crippen molar-refractivity contribution in [1.82, 2.24) is 9.97 Å². The van der Waals surface area contributed by atoms with E-state index in [4.69, 9.17) is 4.74 Å². The van der Waals surface area contributed by atoms with Crippen molar-refractivity contribution in [3.63, 3.8) is 0 Å². The van der Waals surface area contributed by atoms with Gasteiger partial charge in [0.05, 0.1) is 25.4 Å². The van der Waals surface area contributed by atoms with E-state index < -0.39 is 6.10 Å². The molecule has 3 heterocycles. The average molecular weight is 292 g/mol. The molecule has 1 aromatic rings. The van der Waals surface area contributed by atoms with Gasteiger partial charge in [0.25, 0.3) is 0 Å². The van der Waals surface area contributed by atoms with Crippen LogP contribution in [0.25, 0.3) is 0 Å². The Labute approximate surface area is 125 Å². The van der Waals surface area contributed by atoms with Crippen molar-refractivity contribution in [2.75, 3.05) is 36.5 Å². The molecule has 0 unspecified atom stereocenters. The number of ether oxygens (including phenoxy) is 1. The smallest absolute Gasteiger partial charge is 0.227 e. The first kappa shape index (κ1) is 14.5. The quantitative estimate of drug-likeness (QED) is 0.869. The third-order valence-electron chi connectivity index (χ3n) is 4.15. The van der Waals surface area contributed by atoms with E-state index in [1.54, 1.807) is 0 Å². The second kappa shape index (κ2) is 6.58. The molecule has 2 aliphatic heterocycles. The van der Waals surface area contributed by atoms with E-state index in [-0.39, 0.29) is 6.04 Å². The molecule has 2 saturated heterocycles. The summed E-state index contributed by atoms with van der Waals surface area (Å²) in [6, 6.07) is 1.89. The van der Waals surface area contributed by atoms with Crippen molar-refractivity contribution in [2.45, 2.75) is 44.8 Å². The Hall–Kier alpha value is -1.40. The number of nitrogens with one attached hydrogen (secondary N) is 1. The molecule has 0 aliphatic carbocycles. The second-order valence-corrected chi connectivity index (χ2v) is 5.80. The molecular formula is C15H24N4O2. The summed E-state index contributed by atoms with van der Waals surface area (Å²) in [6.45, 7) is 5.07. The Morgan fingerprint density at radius 2 is 2.10 bits per heavy atom. The number of aliphatic hydroxyl groups is 1. The van der Waals surface area contributed by atoms with Gasteiger partial charge >= 0.3 is 0 Å². The van der Waals surface area contributed by atoms with Gasteiger partial charge in [0.15, 0.2) is 0 Å². The molecule has 0 amide bonds. The van der Waals surface area contributed by atoms with E-state index in [2.05, 4.69) is 27.1 Å². The highest BCUT2D eigenvalue weighted by Crippen LogP contribution is 2.20. The van der Waals surface area contributed by atoms with Gasteiger partial charge in [0.1, 0.15) is 5.82 Å². The molecule has 0 spiro atoms. The molecule has 0 saturated carbocycles. The van der Waals surface area contributed by atoms with E-state index >= 15 is 0 Å². The molecule has 2 atom stereocenters. The number of aryl methyl sites for hydroxylation is 1. The highest BCUT2D eigenvalue weighted by molar-refractivity contribution is 5.45. The van der Waals surface area contributed by atoms with Gasteiger partial charge in [0.2, 0.25) is 5.95 Å². The number of rotatable bonds is 4. The summed E-state index contributed by atoms with van der Waals surface area (Å²) in [5.41, 5.74) is 1.03. The highest BCUT2D eigenvalue weighted by Gasteiger charge is 2.26. The topological polar surface area (TPSA) is 70.5 Å². The number of hydrogen-bond acceptors (Lipinski definition) is 6. The predicted octanol–water partition coefficient (Wildman–Crippen LogP) is 1.20. The number of aromatic nitrogens is 2. The molecule has 1 aromatic heterocycles. The Balaban J connectivity index is 1.78. The van der Waals surface area contributed by atoms with E-state index in [0.717, 1.165) is 37.0 Å². The first-order chi connectivity index (χ1) is 10.3. The van der Waals surface area contributed by atoms with E-state index in [1.807, 2.05) is 6.07 Å². The van der Waals surface area contributed by atoms with Crippen molar-refractivity contribution >= 4 is 11.8 Å². The number of nitrogens with zero attached hydrogens (tertiary/aromatic N) is 3. The summed E-state index contributed by atoms with van der Waals surface area (Å²) < 4.78 is 5.28. The minimum Gasteiger partial charge on any atom is -0.388 e. The van der Waals surface area contributed by atoms with E-state index in [0.29, 0.717) is 13.2 Å². The maximum absolute atomic E-state index is 9.85. The lowest BCUT2D eigenvalue weighted by Crippen LogP contribution is -2.34. The van der Waals surface area contributed by atoms with Crippen LogP contribution in [0.4, 0.5) is 11.8 Å². The minimum atomic E-state index is -0.469. The zero-order valence-corrected chi connectivity index (χ0v) is 12.6. The Kier molecular flexibility index (Phi) is 4.55. The minimum absolute atomic E-state index is 0.0844. The van der Waals surface area contributed by atoms with Crippen molar-refractivity contribution in [1.29, 1.82) is 0 Å². The van der Waals surface area contributed by atoms with Crippen LogP contribution in [0.3, 0.4) is 0 Å². The number of anilines is 2. The molecule has 0 bridgehead atoms. The highest BCUT2D eigenvalue weighted by atomic mass is 16.5. The van der Waals surface area contributed by atoms with Crippen LogP contribution >= 0.6 is 0 Å². The van der Waals surface area contributed by atoms with Crippen LogP contribution in [0.5, 0.6) is 0 Å². The molecule has 0 aromatic carbocycles. The molecule has 116 valence electrons. The van der Waals surface area contributed by atoms with Crippen LogP contribution in [0.1, 0.15) is 31.9 Å². The molecule has 6 nitrogen and oxygen atoms in total. The largest absolute Gasteiger partial charge is 0.388 e. The lowest BCUT2D eigenvalue weighted by atomic mass is 10.1. The first-order valence-corrected chi connectivity index (χ1v) is 7.91. The van der Waals surface area contributed by atoms with Gasteiger partial charge in [-0.2, -0.15) is 4.98 Å². The number of hydrogen-bond donors (Lipinski definition) is 2. The summed E-state index contributed by atoms with van der Waals surface area (Å²) in [7, 11) is 0. The van der Waals surface area contributed by atoms with Gasteiger partial charge in [-0.1, -0.05) is 6.92 Å². The summed E-state index contributed by atoms with van der Waals surface area (Å²) in [4.78, 5) is 11.5. The number of aliphatic hydroxyl groups excluding tert-OH is 1. The Bertz CT molecular complexity index is 477. The lowest BCUT2D eigenvalue weighted by Gasteiger charge is -2.27. The van der Waals surface area contributed by atoms with Crippen LogP contribution in [0.2, 0.25) is 0 Å². The molecule has 2 fully saturated rings. The molecule has 2 aliphatic rings. The van der Waals surface area contributed by atoms with Gasteiger partial charge in [-0.05, 0) is 25.7 Å². The van der Waals surface area contributed by atoms with E-state index in [1.165, 1.54) is 19.3 Å². The maximum Gasteiger partial charge on any atom is 0.227 e. The fourth-order valence-corrected chi connectivity index (χ4v) is 2.84. The third-order valence-corrected chi connectivity index (χ3v) is 4.15. The average Bonchev–Trinajstić information content (AvgIpc) is 2.93. The summed E-state index contributed by atoms with van der Waals surface area (Å²) in [5.74, 6) is 1.60. The van der Waals surface area contributed by atoms with Crippen LogP contribution < -0.4 is 10.2 Å². The molecule has 21 heavy (non-hydrogen) atoms. The zero-order valence-electron chi connectivity index (χ0n) is 12.6. The van der Waals surface area contributed by atoms with Crippen molar-refractivity contribution < 1.29 is 9.84 Å². The van der Waals surface area contributed by atoms with Crippen molar-refractivity contribution in [2.24, 2.45) is 0 Å². The predicted molar refractivity (Wildman–Crippen MR) is 81.7 cm³/mol. The monoisotopic (exact) mass is 292 g/mol. The molecule has 3 rings (SSSR count). The third kappa shape index (κ3) is 3.44. The maximum atomic E-state index is 9.85. The molecule has 6 heteroatoms. The standard InChI is InChI=1S/C15H24N4O2/c1-2-11-8-14(17-12-9-21-10-13(12)20)18-15(16-11)19-6-4-3-5-7-19/h8,12-13,20H,2-7,9-10H2,1H3,(H,16,17,18)/t12-,13-/m0/s1. The first-order valence-electron chi connectivity index (χ1n) is 7.91. The normalized spacial score (nSPS) is 26.1. The van der Waals surface area contributed by atoms with Gasteiger partial charge in [-0.3, -0.25) is 0 Å². The lowest BCUT2D eigenvalue weighted by molar-refractivity contribution is 0.125. The van der Waals surface area contributed by atoms with Crippen LogP contribution in [0.15, 0.2) is 6.07 Å². The van der Waals surface area contributed by atoms with Crippen LogP contribution in [0, 0.1) is 0 Å². The summed E-state index contributed by atoms with van der Waals surface area (Å²) in [5, 5.41) is 13.1. The molecule has 2 N–H and O–H groups in total. The van der Waals surface area contributed by atoms with Crippen LogP contribution in [-0.2, 0) is 11.2 Å². The Morgan fingerprint density at radius 3 is 2.76 bits per heavy atom. The number of piperidine rings is 1. The SMILES string of the molecule is CCc1cc(N[C@H]2COC[C@@H]2O)nc(N2CCCCC2)n1. The molecular weight excluding hydrogens is 268 g/mol. The van der Waals surface area contributed by atoms with Gasteiger partial charge in [-0.15, -0.1) is 0 Å². The van der Waals surface area contributed by atoms with Crippen molar-refractivity contribution in [3.05, 3.63) is 11.8 Å². The molecule has 0 radical (unpaired) electrons. The van der Waals surface area contributed by atoms with Gasteiger partial charge < -0.3 is 20.1 Å². The Morgan fingerprint density at radius 1 is 1.29 bits per heavy atom. The van der Waals surface area contributed by atoms with E-state index in [9.17, 15) is 5.11 Å². The van der Waals surface area contributed by atoms with Gasteiger partial charge in [-0.25, -0.2) is 4.98 Å². The second-order valence-electron chi connectivity index (χ2n) is 5.80. The zero-order chi connectivity index (χ0) is 14.7. The summed E-state index contributed by atoms with van der Waals surface area (Å²) >= 11 is 0. The fraction of sp³-hybridized carbons (Fsp3) is 0.733. The summed E-state index contributed by atoms with van der Waals surface area (Å²) in [6.07, 6.45) is 4.11. The van der Waals surface area contributed by atoms with Crippen molar-refractivity contribution in [3.8, 4) is 0 Å².